The van der Waals surface area contributed by atoms with Gasteiger partial charge in [0.25, 0.3) is 0 Å². The fraction of sp³-hybridized carbons (Fsp3) is 0.200. The summed E-state index contributed by atoms with van der Waals surface area (Å²) in [6.07, 6.45) is 3.53. The van der Waals surface area contributed by atoms with Crippen LogP contribution in [0.1, 0.15) is 36.6 Å². The Labute approximate surface area is 176 Å². The molecule has 0 saturated heterocycles. The van der Waals surface area contributed by atoms with Gasteiger partial charge in [0.2, 0.25) is 0 Å². The van der Waals surface area contributed by atoms with Crippen LogP contribution in [0.15, 0.2) is 73.1 Å². The van der Waals surface area contributed by atoms with Gasteiger partial charge < -0.3 is 10.5 Å². The highest BCUT2D eigenvalue weighted by molar-refractivity contribution is 5.82. The molecule has 2 aromatic carbocycles. The van der Waals surface area contributed by atoms with Crippen molar-refractivity contribution in [1.82, 2.24) is 15.2 Å². The molecule has 0 aliphatic rings. The van der Waals surface area contributed by atoms with E-state index in [9.17, 15) is 0 Å². The van der Waals surface area contributed by atoms with Gasteiger partial charge in [-0.15, -0.1) is 0 Å². The van der Waals surface area contributed by atoms with Crippen molar-refractivity contribution >= 4 is 0 Å². The summed E-state index contributed by atoms with van der Waals surface area (Å²) in [5.74, 6) is 1.36. The molecular formula is C25H26N4O. The number of aromatic amines is 1. The highest BCUT2D eigenvalue weighted by atomic mass is 16.5. The van der Waals surface area contributed by atoms with Crippen LogP contribution in [0.25, 0.3) is 22.4 Å². The van der Waals surface area contributed by atoms with Gasteiger partial charge in [-0.3, -0.25) is 10.1 Å². The standard InChI is InChI=1S/C25H26N4O/c1-17(2)19-5-3-18(4-6-19)16-30-22-9-7-20(8-10-22)24-23(15-26)28-29-25(24)21-11-13-27-14-12-21/h3-14,17H,15-16,26H2,1-2H3,(H,28,29). The minimum Gasteiger partial charge on any atom is -0.489 e. The van der Waals surface area contributed by atoms with Crippen LogP contribution < -0.4 is 10.5 Å². The third kappa shape index (κ3) is 4.26. The lowest BCUT2D eigenvalue weighted by molar-refractivity contribution is 0.306. The van der Waals surface area contributed by atoms with E-state index in [-0.39, 0.29) is 0 Å². The Morgan fingerprint density at radius 2 is 1.60 bits per heavy atom. The zero-order valence-electron chi connectivity index (χ0n) is 17.3. The Morgan fingerprint density at radius 3 is 2.23 bits per heavy atom. The average Bonchev–Trinajstić information content (AvgIpc) is 3.23. The molecule has 0 bridgehead atoms. The molecule has 0 radical (unpaired) electrons. The van der Waals surface area contributed by atoms with E-state index in [2.05, 4.69) is 53.3 Å². The van der Waals surface area contributed by atoms with Gasteiger partial charge in [-0.1, -0.05) is 50.2 Å². The van der Waals surface area contributed by atoms with Crippen molar-refractivity contribution in [3.8, 4) is 28.1 Å². The number of ether oxygens (including phenoxy) is 1. The van der Waals surface area contributed by atoms with Crippen molar-refractivity contribution in [1.29, 1.82) is 0 Å². The number of benzene rings is 2. The SMILES string of the molecule is CC(C)c1ccc(COc2ccc(-c3c(-c4ccncc4)n[nH]c3CN)cc2)cc1. The van der Waals surface area contributed by atoms with Gasteiger partial charge in [-0.25, -0.2) is 0 Å². The first-order valence-corrected chi connectivity index (χ1v) is 10.2. The van der Waals surface area contributed by atoms with Crippen LogP contribution in [0.4, 0.5) is 0 Å². The van der Waals surface area contributed by atoms with Gasteiger partial charge >= 0.3 is 0 Å². The summed E-state index contributed by atoms with van der Waals surface area (Å²) in [4.78, 5) is 4.09. The highest BCUT2D eigenvalue weighted by Gasteiger charge is 2.16. The Morgan fingerprint density at radius 1 is 0.900 bits per heavy atom. The zero-order valence-corrected chi connectivity index (χ0v) is 17.3. The van der Waals surface area contributed by atoms with E-state index in [1.807, 2.05) is 36.4 Å². The smallest absolute Gasteiger partial charge is 0.119 e. The maximum Gasteiger partial charge on any atom is 0.119 e. The summed E-state index contributed by atoms with van der Waals surface area (Å²) in [5.41, 5.74) is 13.3. The Hall–Kier alpha value is -3.44. The number of rotatable bonds is 7. The Kier molecular flexibility index (Phi) is 5.91. The molecule has 0 atom stereocenters. The maximum absolute atomic E-state index is 5.98. The van der Waals surface area contributed by atoms with E-state index in [0.717, 1.165) is 39.4 Å². The molecule has 4 rings (SSSR count). The van der Waals surface area contributed by atoms with Gasteiger partial charge in [0.15, 0.2) is 0 Å². The minimum absolute atomic E-state index is 0.387. The lowest BCUT2D eigenvalue weighted by Gasteiger charge is -2.10. The molecule has 0 unspecified atom stereocenters. The van der Waals surface area contributed by atoms with Gasteiger partial charge in [0, 0.05) is 30.1 Å². The predicted octanol–water partition coefficient (Wildman–Crippen LogP) is 5.30. The first-order valence-electron chi connectivity index (χ1n) is 10.2. The van der Waals surface area contributed by atoms with Crippen LogP contribution in [-0.2, 0) is 13.2 Å². The average molecular weight is 399 g/mol. The zero-order chi connectivity index (χ0) is 20.9. The van der Waals surface area contributed by atoms with Gasteiger partial charge in [0.05, 0.1) is 5.69 Å². The highest BCUT2D eigenvalue weighted by Crippen LogP contribution is 2.33. The third-order valence-electron chi connectivity index (χ3n) is 5.19. The Balaban J connectivity index is 1.52. The minimum atomic E-state index is 0.387. The molecule has 2 aromatic heterocycles. The topological polar surface area (TPSA) is 76.8 Å². The number of aromatic nitrogens is 3. The molecule has 30 heavy (non-hydrogen) atoms. The maximum atomic E-state index is 5.98. The second kappa shape index (κ2) is 8.93. The first kappa shape index (κ1) is 19.9. The molecule has 0 aliphatic carbocycles. The quantitative estimate of drug-likeness (QED) is 0.443. The van der Waals surface area contributed by atoms with Crippen LogP contribution >= 0.6 is 0 Å². The van der Waals surface area contributed by atoms with E-state index < -0.39 is 0 Å². The number of hydrogen-bond acceptors (Lipinski definition) is 4. The van der Waals surface area contributed by atoms with E-state index in [1.54, 1.807) is 12.4 Å². The molecule has 0 spiro atoms. The molecule has 0 saturated carbocycles. The predicted molar refractivity (Wildman–Crippen MR) is 120 cm³/mol. The number of nitrogens with one attached hydrogen (secondary N) is 1. The molecule has 152 valence electrons. The lowest BCUT2D eigenvalue weighted by Crippen LogP contribution is -1.99. The van der Waals surface area contributed by atoms with Crippen molar-refractivity contribution in [2.75, 3.05) is 0 Å². The van der Waals surface area contributed by atoms with Gasteiger partial charge in [-0.2, -0.15) is 5.10 Å². The summed E-state index contributed by atoms with van der Waals surface area (Å²) in [5, 5.41) is 7.56. The molecule has 4 aromatic rings. The third-order valence-corrected chi connectivity index (χ3v) is 5.19. The first-order chi connectivity index (χ1) is 14.7. The number of pyridine rings is 1. The summed E-state index contributed by atoms with van der Waals surface area (Å²) >= 11 is 0. The Bertz CT molecular complexity index is 1080. The van der Waals surface area contributed by atoms with Crippen LogP contribution in [0.3, 0.4) is 0 Å². The molecule has 0 fully saturated rings. The van der Waals surface area contributed by atoms with E-state index in [0.29, 0.717) is 19.1 Å². The largest absolute Gasteiger partial charge is 0.489 e. The second-order valence-electron chi connectivity index (χ2n) is 7.58. The van der Waals surface area contributed by atoms with Crippen molar-refractivity contribution in [3.05, 3.63) is 89.9 Å². The molecule has 0 amide bonds. The monoisotopic (exact) mass is 398 g/mol. The van der Waals surface area contributed by atoms with Crippen LogP contribution in [-0.4, -0.2) is 15.2 Å². The number of hydrogen-bond donors (Lipinski definition) is 2. The van der Waals surface area contributed by atoms with Crippen molar-refractivity contribution in [3.63, 3.8) is 0 Å². The summed E-state index contributed by atoms with van der Waals surface area (Å²) in [6, 6.07) is 20.6. The van der Waals surface area contributed by atoms with Crippen LogP contribution in [0.2, 0.25) is 0 Å². The molecular weight excluding hydrogens is 372 g/mol. The van der Waals surface area contributed by atoms with Crippen LogP contribution in [0.5, 0.6) is 5.75 Å². The molecule has 0 aliphatic heterocycles. The summed E-state index contributed by atoms with van der Waals surface area (Å²) < 4.78 is 5.98. The van der Waals surface area contributed by atoms with E-state index in [4.69, 9.17) is 10.5 Å². The molecule has 3 N–H and O–H groups in total. The van der Waals surface area contributed by atoms with Crippen molar-refractivity contribution in [2.24, 2.45) is 5.73 Å². The van der Waals surface area contributed by atoms with Crippen LogP contribution in [0, 0.1) is 0 Å². The fourth-order valence-corrected chi connectivity index (χ4v) is 3.44. The fourth-order valence-electron chi connectivity index (χ4n) is 3.44. The van der Waals surface area contributed by atoms with Gasteiger partial charge in [-0.05, 0) is 46.9 Å². The summed E-state index contributed by atoms with van der Waals surface area (Å²) in [7, 11) is 0. The summed E-state index contributed by atoms with van der Waals surface area (Å²) in [6.45, 7) is 5.32. The molecule has 2 heterocycles. The number of H-pyrrole nitrogens is 1. The molecule has 5 nitrogen and oxygen atoms in total. The lowest BCUT2D eigenvalue weighted by atomic mass is 9.99. The second-order valence-corrected chi connectivity index (χ2v) is 7.58. The number of nitrogens with zero attached hydrogens (tertiary/aromatic N) is 2. The van der Waals surface area contributed by atoms with Crippen molar-refractivity contribution in [2.45, 2.75) is 32.9 Å². The van der Waals surface area contributed by atoms with E-state index >= 15 is 0 Å². The van der Waals surface area contributed by atoms with E-state index in [1.165, 1.54) is 5.56 Å². The number of nitrogens with two attached hydrogens (primary N) is 1. The molecule has 5 heteroatoms. The van der Waals surface area contributed by atoms with Crippen molar-refractivity contribution < 1.29 is 4.74 Å². The van der Waals surface area contributed by atoms with Gasteiger partial charge in [0.1, 0.15) is 18.1 Å². The normalized spacial score (nSPS) is 11.1.